The fourth-order valence-corrected chi connectivity index (χ4v) is 3.06. The van der Waals surface area contributed by atoms with Gasteiger partial charge in [-0.2, -0.15) is 0 Å². The summed E-state index contributed by atoms with van der Waals surface area (Å²) in [4.78, 5) is 6.49. The molecule has 0 spiro atoms. The Morgan fingerprint density at radius 3 is 3.05 bits per heavy atom. The molecule has 0 amide bonds. The van der Waals surface area contributed by atoms with Crippen molar-refractivity contribution in [2.45, 2.75) is 6.92 Å². The molecular weight excluding hydrogens is 273 g/mol. The van der Waals surface area contributed by atoms with E-state index in [0.29, 0.717) is 5.71 Å². The van der Waals surface area contributed by atoms with Gasteiger partial charge in [-0.3, -0.25) is 0 Å². The fourth-order valence-electron chi connectivity index (χ4n) is 3.06. The summed E-state index contributed by atoms with van der Waals surface area (Å²) in [6, 6.07) is 8.37. The van der Waals surface area contributed by atoms with Crippen molar-refractivity contribution >= 4 is 35.7 Å². The lowest BCUT2D eigenvalue weighted by Gasteiger charge is -2.20. The van der Waals surface area contributed by atoms with Crippen LogP contribution in [0, 0.1) is 6.92 Å². The van der Waals surface area contributed by atoms with E-state index < -0.39 is 0 Å². The number of aryl methyl sites for hydroxylation is 2. The standard InChI is InChI=1S/C17H17BN3O/c1-12-6-8-20(2)16(9-12)18-10-14-13-5-4-7-19-17(13)22-15(14)11-21(18)3/h4-11H,1-3H3/q+1. The molecule has 4 nitrogen and oxygen atoms in total. The normalized spacial score (nSPS) is 13.8. The topological polar surface area (TPSA) is 33.1 Å². The summed E-state index contributed by atoms with van der Waals surface area (Å²) < 4.78 is 8.02. The van der Waals surface area contributed by atoms with Gasteiger partial charge in [0.25, 0.3) is 0 Å². The Morgan fingerprint density at radius 2 is 2.18 bits per heavy atom. The quantitative estimate of drug-likeness (QED) is 0.462. The third-order valence-corrected chi connectivity index (χ3v) is 4.26. The van der Waals surface area contributed by atoms with Gasteiger partial charge in [0.05, 0.1) is 0 Å². The van der Waals surface area contributed by atoms with E-state index in [1.54, 1.807) is 6.20 Å². The zero-order valence-electron chi connectivity index (χ0n) is 12.9. The molecule has 0 aromatic carbocycles. The number of nitrogens with zero attached hydrogens (tertiary/aromatic N) is 3. The van der Waals surface area contributed by atoms with Crippen molar-refractivity contribution < 1.29 is 8.98 Å². The summed E-state index contributed by atoms with van der Waals surface area (Å²) in [5.74, 6) is 2.26. The van der Waals surface area contributed by atoms with Crippen LogP contribution in [0.5, 0.6) is 0 Å². The zero-order chi connectivity index (χ0) is 15.3. The Bertz CT molecular complexity index is 993. The minimum absolute atomic E-state index is 0.179. The van der Waals surface area contributed by atoms with E-state index in [4.69, 9.17) is 4.42 Å². The van der Waals surface area contributed by atoms with Crippen LogP contribution in [-0.4, -0.2) is 23.7 Å². The number of hydrogen-bond acceptors (Lipinski definition) is 3. The molecule has 22 heavy (non-hydrogen) atoms. The van der Waals surface area contributed by atoms with E-state index >= 15 is 0 Å². The predicted molar refractivity (Wildman–Crippen MR) is 87.7 cm³/mol. The van der Waals surface area contributed by atoms with E-state index in [1.165, 1.54) is 11.2 Å². The van der Waals surface area contributed by atoms with Gasteiger partial charge >= 0.3 is 6.85 Å². The molecule has 0 aliphatic carbocycles. The molecule has 5 heteroatoms. The molecule has 3 aromatic rings. The number of furan rings is 1. The first-order valence-electron chi connectivity index (χ1n) is 7.39. The van der Waals surface area contributed by atoms with Gasteiger partial charge in [-0.25, -0.2) is 9.55 Å². The maximum Gasteiger partial charge on any atom is 0.396 e. The minimum Gasteiger partial charge on any atom is -0.436 e. The van der Waals surface area contributed by atoms with Gasteiger partial charge < -0.3 is 9.23 Å². The summed E-state index contributed by atoms with van der Waals surface area (Å²) in [6.45, 7) is 2.30. The minimum atomic E-state index is 0.179. The van der Waals surface area contributed by atoms with E-state index in [1.807, 2.05) is 6.07 Å². The molecule has 0 fully saturated rings. The van der Waals surface area contributed by atoms with Crippen molar-refractivity contribution in [2.24, 2.45) is 7.05 Å². The summed E-state index contributed by atoms with van der Waals surface area (Å²) >= 11 is 0. The first-order valence-corrected chi connectivity index (χ1v) is 7.39. The lowest BCUT2D eigenvalue weighted by molar-refractivity contribution is -0.654. The van der Waals surface area contributed by atoms with Crippen LogP contribution in [-0.2, 0) is 7.05 Å². The first kappa shape index (κ1) is 13.1. The van der Waals surface area contributed by atoms with Gasteiger partial charge in [-0.1, -0.05) is 5.98 Å². The molecule has 4 heterocycles. The number of hydrogen-bond donors (Lipinski definition) is 0. The van der Waals surface area contributed by atoms with Crippen LogP contribution in [0.1, 0.15) is 5.56 Å². The van der Waals surface area contributed by atoms with E-state index in [0.717, 1.165) is 16.0 Å². The molecule has 1 aliphatic rings. The zero-order valence-corrected chi connectivity index (χ0v) is 12.9. The van der Waals surface area contributed by atoms with E-state index in [9.17, 15) is 0 Å². The van der Waals surface area contributed by atoms with Crippen molar-refractivity contribution in [3.8, 4) is 0 Å². The molecule has 0 atom stereocenters. The molecule has 0 unspecified atom stereocenters. The lowest BCUT2D eigenvalue weighted by Crippen LogP contribution is -2.60. The fraction of sp³-hybridized carbons (Fsp3) is 0.176. The third-order valence-electron chi connectivity index (χ3n) is 4.26. The van der Waals surface area contributed by atoms with Gasteiger partial charge in [-0.05, 0) is 31.7 Å². The van der Waals surface area contributed by atoms with Crippen LogP contribution >= 0.6 is 0 Å². The van der Waals surface area contributed by atoms with Crippen molar-refractivity contribution in [2.75, 3.05) is 7.05 Å². The molecule has 0 saturated carbocycles. The Kier molecular flexibility index (Phi) is 2.82. The summed E-state index contributed by atoms with van der Waals surface area (Å²) in [6.07, 6.45) is 5.93. The highest BCUT2D eigenvalue weighted by Gasteiger charge is 2.30. The smallest absolute Gasteiger partial charge is 0.396 e. The van der Waals surface area contributed by atoms with Crippen LogP contribution in [0.4, 0.5) is 0 Å². The highest BCUT2D eigenvalue weighted by molar-refractivity contribution is 6.82. The van der Waals surface area contributed by atoms with Gasteiger partial charge in [0.1, 0.15) is 7.05 Å². The summed E-state index contributed by atoms with van der Waals surface area (Å²) in [5, 5.41) is 2.20. The Morgan fingerprint density at radius 1 is 1.32 bits per heavy atom. The average molecular weight is 290 g/mol. The SMILES string of the molecule is Cc1cc[n+](C)c(B2C=c3c(oc4ncccc34)=CN2C)c1. The second-order valence-corrected chi connectivity index (χ2v) is 5.88. The monoisotopic (exact) mass is 290 g/mol. The summed E-state index contributed by atoms with van der Waals surface area (Å²) in [5.41, 5.74) is 4.09. The highest BCUT2D eigenvalue weighted by Crippen LogP contribution is 2.07. The lowest BCUT2D eigenvalue weighted by atomic mass is 9.55. The maximum atomic E-state index is 5.85. The van der Waals surface area contributed by atoms with Crippen molar-refractivity contribution in [3.05, 3.63) is 52.9 Å². The van der Waals surface area contributed by atoms with Gasteiger partial charge in [0, 0.05) is 35.1 Å². The maximum absolute atomic E-state index is 5.85. The number of aromatic nitrogens is 2. The molecule has 108 valence electrons. The van der Waals surface area contributed by atoms with E-state index in [-0.39, 0.29) is 6.85 Å². The van der Waals surface area contributed by atoms with Gasteiger partial charge in [0.2, 0.25) is 5.71 Å². The third kappa shape index (κ3) is 1.93. The Hall–Kier alpha value is -2.56. The van der Waals surface area contributed by atoms with Crippen molar-refractivity contribution in [1.29, 1.82) is 0 Å². The molecule has 3 aromatic heterocycles. The Balaban J connectivity index is 1.98. The van der Waals surface area contributed by atoms with Crippen LogP contribution in [0.3, 0.4) is 0 Å². The second-order valence-electron chi connectivity index (χ2n) is 5.88. The van der Waals surface area contributed by atoms with Crippen LogP contribution in [0.25, 0.3) is 23.3 Å². The largest absolute Gasteiger partial charge is 0.436 e. The molecule has 1 aliphatic heterocycles. The molecule has 0 bridgehead atoms. The van der Waals surface area contributed by atoms with Crippen LogP contribution < -0.4 is 20.8 Å². The predicted octanol–water partition coefficient (Wildman–Crippen LogP) is -0.137. The molecule has 0 saturated heterocycles. The molecular formula is C17H17BN3O+. The van der Waals surface area contributed by atoms with Crippen LogP contribution in [0.15, 0.2) is 41.1 Å². The first-order chi connectivity index (χ1) is 10.6. The highest BCUT2D eigenvalue weighted by atomic mass is 16.3. The molecule has 4 rings (SSSR count). The second kappa shape index (κ2) is 4.73. The number of pyridine rings is 2. The van der Waals surface area contributed by atoms with Gasteiger partial charge in [-0.15, -0.1) is 0 Å². The average Bonchev–Trinajstić information content (AvgIpc) is 2.86. The van der Waals surface area contributed by atoms with Gasteiger partial charge in [0.15, 0.2) is 17.2 Å². The number of rotatable bonds is 1. The van der Waals surface area contributed by atoms with Crippen molar-refractivity contribution in [1.82, 2.24) is 9.79 Å². The van der Waals surface area contributed by atoms with Crippen LogP contribution in [0.2, 0.25) is 0 Å². The van der Waals surface area contributed by atoms with Crippen molar-refractivity contribution in [3.63, 3.8) is 0 Å². The Labute approximate surface area is 129 Å². The molecule has 0 radical (unpaired) electrons. The van der Waals surface area contributed by atoms with E-state index in [2.05, 4.69) is 72.0 Å². The number of fused-ring (bicyclic) bond motifs is 3. The molecule has 0 N–H and O–H groups in total. The summed E-state index contributed by atoms with van der Waals surface area (Å²) in [7, 11) is 4.16.